The lowest BCUT2D eigenvalue weighted by atomic mass is 10.0. The predicted molar refractivity (Wildman–Crippen MR) is 353 cm³/mol. The van der Waals surface area contributed by atoms with Gasteiger partial charge < -0.3 is 14.2 Å². The van der Waals surface area contributed by atoms with E-state index in [1.807, 2.05) is 0 Å². The Kier molecular flexibility index (Phi) is 65.7. The summed E-state index contributed by atoms with van der Waals surface area (Å²) in [6, 6.07) is 0. The van der Waals surface area contributed by atoms with Crippen molar-refractivity contribution < 1.29 is 28.6 Å². The second-order valence-electron chi connectivity index (χ2n) is 23.1. The number of hydrogen-bond acceptors (Lipinski definition) is 6. The van der Waals surface area contributed by atoms with Crippen molar-refractivity contribution in [3.63, 3.8) is 0 Å². The van der Waals surface area contributed by atoms with Crippen LogP contribution in [0, 0.1) is 0 Å². The molecular weight excluding hydrogens is 997 g/mol. The molecule has 0 fully saturated rings. The highest BCUT2D eigenvalue weighted by atomic mass is 16.6. The molecule has 0 aliphatic rings. The molecule has 0 radical (unpaired) electrons. The molecule has 1 atom stereocenters. The smallest absolute Gasteiger partial charge is 0.306 e. The molecule has 1 unspecified atom stereocenters. The van der Waals surface area contributed by atoms with E-state index in [1.165, 1.54) is 199 Å². The Balaban J connectivity index is 4.32. The minimum Gasteiger partial charge on any atom is -0.462 e. The van der Waals surface area contributed by atoms with Crippen molar-refractivity contribution in [1.82, 2.24) is 0 Å². The monoisotopic (exact) mass is 1130 g/mol. The van der Waals surface area contributed by atoms with Gasteiger partial charge in [0.2, 0.25) is 0 Å². The SMILES string of the molecule is CC/C=C\C/C=C\C/C=C\C/C=C\C/C=C\C/C=C\CCCCCCCCCCCCC(=O)OCC(COC(=O)CCCCCCC/C=C\CCCCCCCC)OC(=O)CCCCCCCCCCC/C=C\CCCCCCCC. The first-order valence-electron chi connectivity index (χ1n) is 34.7. The van der Waals surface area contributed by atoms with Crippen LogP contribution in [0.3, 0.4) is 0 Å². The van der Waals surface area contributed by atoms with Gasteiger partial charge in [-0.2, -0.15) is 0 Å². The highest BCUT2D eigenvalue weighted by Crippen LogP contribution is 2.17. The molecule has 0 aromatic rings. The highest BCUT2D eigenvalue weighted by molar-refractivity contribution is 5.71. The third kappa shape index (κ3) is 67.0. The highest BCUT2D eigenvalue weighted by Gasteiger charge is 2.19. The topological polar surface area (TPSA) is 78.9 Å². The molecule has 0 aliphatic carbocycles. The first-order valence-corrected chi connectivity index (χ1v) is 34.7. The Labute approximate surface area is 502 Å². The lowest BCUT2D eigenvalue weighted by molar-refractivity contribution is -0.167. The van der Waals surface area contributed by atoms with Crippen LogP contribution < -0.4 is 0 Å². The number of rotatable bonds is 63. The normalized spacial score (nSPS) is 12.7. The maximum atomic E-state index is 12.9. The zero-order valence-corrected chi connectivity index (χ0v) is 53.5. The third-order valence-electron chi connectivity index (χ3n) is 15.0. The first-order chi connectivity index (χ1) is 40.0. The van der Waals surface area contributed by atoms with Crippen LogP contribution >= 0.6 is 0 Å². The molecule has 466 valence electrons. The van der Waals surface area contributed by atoms with Gasteiger partial charge in [0.1, 0.15) is 13.2 Å². The summed E-state index contributed by atoms with van der Waals surface area (Å²) in [5.41, 5.74) is 0. The van der Waals surface area contributed by atoms with Crippen molar-refractivity contribution in [1.29, 1.82) is 0 Å². The molecule has 6 nitrogen and oxygen atoms in total. The Morgan fingerprint density at radius 2 is 0.481 bits per heavy atom. The average Bonchev–Trinajstić information content (AvgIpc) is 3.47. The van der Waals surface area contributed by atoms with Crippen molar-refractivity contribution in [3.05, 3.63) is 97.2 Å². The van der Waals surface area contributed by atoms with Gasteiger partial charge in [0.15, 0.2) is 6.10 Å². The Bertz CT molecular complexity index is 1580. The minimum absolute atomic E-state index is 0.0812. The third-order valence-corrected chi connectivity index (χ3v) is 15.0. The van der Waals surface area contributed by atoms with Gasteiger partial charge in [-0.05, 0) is 122 Å². The molecule has 0 heterocycles. The van der Waals surface area contributed by atoms with E-state index in [0.717, 1.165) is 103 Å². The van der Waals surface area contributed by atoms with Gasteiger partial charge in [-0.3, -0.25) is 14.4 Å². The number of carbonyl (C=O) groups is 3. The molecule has 6 heteroatoms. The van der Waals surface area contributed by atoms with Gasteiger partial charge in [-0.1, -0.05) is 298 Å². The lowest BCUT2D eigenvalue weighted by Crippen LogP contribution is -2.30. The fourth-order valence-electron chi connectivity index (χ4n) is 9.85. The van der Waals surface area contributed by atoms with E-state index >= 15 is 0 Å². The van der Waals surface area contributed by atoms with Crippen LogP contribution in [0.2, 0.25) is 0 Å². The van der Waals surface area contributed by atoms with Crippen LogP contribution in [-0.4, -0.2) is 37.2 Å². The Morgan fingerprint density at radius 3 is 0.765 bits per heavy atom. The fourth-order valence-corrected chi connectivity index (χ4v) is 9.85. The molecule has 0 saturated carbocycles. The molecule has 0 amide bonds. The summed E-state index contributed by atoms with van der Waals surface area (Å²) in [6.07, 6.45) is 92.8. The summed E-state index contributed by atoms with van der Waals surface area (Å²) >= 11 is 0. The summed E-state index contributed by atoms with van der Waals surface area (Å²) < 4.78 is 17.0. The Hall–Kier alpha value is -3.67. The van der Waals surface area contributed by atoms with Gasteiger partial charge in [0.05, 0.1) is 0 Å². The summed E-state index contributed by atoms with van der Waals surface area (Å²) in [5, 5.41) is 0. The average molecular weight is 1130 g/mol. The largest absolute Gasteiger partial charge is 0.462 e. The van der Waals surface area contributed by atoms with E-state index in [9.17, 15) is 14.4 Å². The first kappa shape index (κ1) is 77.3. The van der Waals surface area contributed by atoms with Gasteiger partial charge in [-0.15, -0.1) is 0 Å². The molecule has 0 saturated heterocycles. The molecule has 0 aliphatic heterocycles. The minimum atomic E-state index is -0.785. The van der Waals surface area contributed by atoms with Crippen LogP contribution in [0.4, 0.5) is 0 Å². The van der Waals surface area contributed by atoms with Crippen molar-refractivity contribution in [2.24, 2.45) is 0 Å². The van der Waals surface area contributed by atoms with Crippen LogP contribution in [0.15, 0.2) is 97.2 Å². The van der Waals surface area contributed by atoms with Crippen molar-refractivity contribution in [3.8, 4) is 0 Å². The van der Waals surface area contributed by atoms with Crippen LogP contribution in [0.25, 0.3) is 0 Å². The molecule has 0 bridgehead atoms. The number of hydrogen-bond donors (Lipinski definition) is 0. The lowest BCUT2D eigenvalue weighted by Gasteiger charge is -2.18. The number of ether oxygens (including phenoxy) is 3. The molecule has 0 N–H and O–H groups in total. The van der Waals surface area contributed by atoms with E-state index in [1.54, 1.807) is 0 Å². The van der Waals surface area contributed by atoms with E-state index in [0.29, 0.717) is 19.3 Å². The van der Waals surface area contributed by atoms with Gasteiger partial charge in [0, 0.05) is 19.3 Å². The molecule has 0 aromatic heterocycles. The Morgan fingerprint density at radius 1 is 0.259 bits per heavy atom. The van der Waals surface area contributed by atoms with Crippen molar-refractivity contribution >= 4 is 17.9 Å². The summed E-state index contributed by atoms with van der Waals surface area (Å²) in [4.78, 5) is 38.4. The van der Waals surface area contributed by atoms with Crippen molar-refractivity contribution in [2.45, 2.75) is 348 Å². The maximum absolute atomic E-state index is 12.9. The number of carbonyl (C=O) groups excluding carboxylic acids is 3. The van der Waals surface area contributed by atoms with Gasteiger partial charge in [0.25, 0.3) is 0 Å². The van der Waals surface area contributed by atoms with Crippen LogP contribution in [-0.2, 0) is 28.6 Å². The summed E-state index contributed by atoms with van der Waals surface area (Å²) in [7, 11) is 0. The fraction of sp³-hybridized carbons (Fsp3) is 0.747. The zero-order chi connectivity index (χ0) is 58.5. The summed E-state index contributed by atoms with van der Waals surface area (Å²) in [6.45, 7) is 6.54. The second kappa shape index (κ2) is 68.8. The van der Waals surface area contributed by atoms with E-state index < -0.39 is 6.10 Å². The molecule has 0 rings (SSSR count). The van der Waals surface area contributed by atoms with Crippen LogP contribution in [0.5, 0.6) is 0 Å². The van der Waals surface area contributed by atoms with Gasteiger partial charge in [-0.25, -0.2) is 0 Å². The molecule has 0 spiro atoms. The number of allylic oxidation sites excluding steroid dienone is 16. The predicted octanol–water partition coefficient (Wildman–Crippen LogP) is 24.0. The van der Waals surface area contributed by atoms with E-state index in [2.05, 4.69) is 118 Å². The molecular formula is C75H130O6. The van der Waals surface area contributed by atoms with E-state index in [4.69, 9.17) is 14.2 Å². The molecule has 0 aromatic carbocycles. The number of esters is 3. The maximum Gasteiger partial charge on any atom is 0.306 e. The quantitative estimate of drug-likeness (QED) is 0.0261. The van der Waals surface area contributed by atoms with Crippen LogP contribution in [0.1, 0.15) is 342 Å². The van der Waals surface area contributed by atoms with Crippen molar-refractivity contribution in [2.75, 3.05) is 13.2 Å². The zero-order valence-electron chi connectivity index (χ0n) is 53.5. The number of unbranched alkanes of at least 4 members (excludes halogenated alkanes) is 36. The molecule has 81 heavy (non-hydrogen) atoms. The summed E-state index contributed by atoms with van der Waals surface area (Å²) in [5.74, 6) is -0.880. The van der Waals surface area contributed by atoms with Gasteiger partial charge >= 0.3 is 17.9 Å². The van der Waals surface area contributed by atoms with E-state index in [-0.39, 0.29) is 31.1 Å². The standard InChI is InChI=1S/C75H130O6/c1-4-7-10-13-16-19-22-25-28-30-32-33-34-35-36-37-38-39-40-41-43-44-47-50-53-56-59-62-65-68-74(77)80-71-72(70-79-73(76)67-64-61-58-55-52-49-46-27-24-21-18-15-12-9-6-3)81-75(78)69-66-63-60-57-54-51-48-45-42-31-29-26-23-20-17-14-11-8-5-2/h7,10,16,19,25-29,32-33,35-36,38-39,46,72H,4-6,8-9,11-15,17-18,20-24,30-31,34,37,40-45,47-71H2,1-3H3/b10-7-,19-16-,28-25-,29-26-,33-32-,36-35-,39-38-,46-27-. The second-order valence-corrected chi connectivity index (χ2v) is 23.1.